The maximum absolute atomic E-state index is 4.66. The van der Waals surface area contributed by atoms with Crippen LogP contribution >= 0.6 is 0 Å². The molecule has 6 aromatic rings. The lowest BCUT2D eigenvalue weighted by Crippen LogP contribution is -2.33. The molecule has 49 heavy (non-hydrogen) atoms. The minimum Gasteiger partial charge on any atom is -0.311 e. The summed E-state index contributed by atoms with van der Waals surface area (Å²) in [5.41, 5.74) is 14.8. The first-order valence-corrected chi connectivity index (χ1v) is 17.2. The molecule has 1 unspecified atom stereocenters. The van der Waals surface area contributed by atoms with E-state index < -0.39 is 0 Å². The molecule has 1 spiro atoms. The van der Waals surface area contributed by atoms with E-state index >= 15 is 0 Å². The van der Waals surface area contributed by atoms with Gasteiger partial charge in [0.2, 0.25) is 0 Å². The minimum absolute atomic E-state index is 0.330. The molecule has 2 nitrogen and oxygen atoms in total. The van der Waals surface area contributed by atoms with Crippen LogP contribution in [0.25, 0.3) is 0 Å². The normalized spacial score (nSPS) is 17.5. The topological polar surface area (TPSA) is 6.48 Å². The van der Waals surface area contributed by atoms with Crippen LogP contribution in [0.3, 0.4) is 0 Å². The first-order chi connectivity index (χ1) is 24.2. The predicted molar refractivity (Wildman–Crippen MR) is 206 cm³/mol. The van der Waals surface area contributed by atoms with Gasteiger partial charge in [-0.1, -0.05) is 121 Å². The Morgan fingerprint density at radius 1 is 0.551 bits per heavy atom. The standard InChI is InChI=1S/C47H40N2/c1-3-39(48(40-19-8-4-9-20-40)41-21-10-5-11-22-41)32-38-31-37-28-29-44(49(42-23-12-6-13-24-42)43-25-14-7-15-26-43)33-46(37)47(38)34-35(2)30-36-18-16-17-27-45(36)47/h3-29,32-33H,2,30-31,34H2,1H3/b38-32+,39-3+. The molecule has 2 aliphatic rings. The number of anilines is 5. The van der Waals surface area contributed by atoms with Crippen molar-refractivity contribution < 1.29 is 0 Å². The number of allylic oxidation sites excluding steroid dienone is 4. The van der Waals surface area contributed by atoms with Gasteiger partial charge < -0.3 is 9.80 Å². The first-order valence-electron chi connectivity index (χ1n) is 17.2. The minimum atomic E-state index is -0.330. The smallest absolute Gasteiger partial charge is 0.0465 e. The monoisotopic (exact) mass is 632 g/mol. The molecule has 0 radical (unpaired) electrons. The average molecular weight is 633 g/mol. The predicted octanol–water partition coefficient (Wildman–Crippen LogP) is 12.2. The summed E-state index contributed by atoms with van der Waals surface area (Å²) in [4.78, 5) is 4.76. The third kappa shape index (κ3) is 5.50. The van der Waals surface area contributed by atoms with Crippen LogP contribution in [-0.4, -0.2) is 0 Å². The van der Waals surface area contributed by atoms with Gasteiger partial charge in [-0.2, -0.15) is 0 Å². The lowest BCUT2D eigenvalue weighted by Gasteiger charge is -2.40. The van der Waals surface area contributed by atoms with Crippen molar-refractivity contribution in [1.82, 2.24) is 0 Å². The number of nitrogens with zero attached hydrogens (tertiary/aromatic N) is 2. The van der Waals surface area contributed by atoms with Gasteiger partial charge in [0.1, 0.15) is 0 Å². The Hall–Kier alpha value is -5.86. The fourth-order valence-electron chi connectivity index (χ4n) is 8.04. The van der Waals surface area contributed by atoms with Crippen LogP contribution in [0.1, 0.15) is 35.6 Å². The van der Waals surface area contributed by atoms with Gasteiger partial charge >= 0.3 is 0 Å². The number of benzene rings is 6. The Kier molecular flexibility index (Phi) is 8.07. The van der Waals surface area contributed by atoms with E-state index in [9.17, 15) is 0 Å². The Balaban J connectivity index is 1.34. The van der Waals surface area contributed by atoms with Gasteiger partial charge in [-0.3, -0.25) is 0 Å². The SMILES string of the molecule is C=C1Cc2ccccc2C2(C1)/C(=C/C(=C\C)N(c1ccccc1)c1ccccc1)Cc1ccc(N(c3ccccc3)c3ccccc3)cc12. The molecule has 2 heteroatoms. The summed E-state index contributed by atoms with van der Waals surface area (Å²) in [6, 6.07) is 59.0. The van der Waals surface area contributed by atoms with Crippen molar-refractivity contribution in [2.45, 2.75) is 31.6 Å². The second-order valence-corrected chi connectivity index (χ2v) is 13.1. The molecule has 8 rings (SSSR count). The Labute approximate surface area is 290 Å². The van der Waals surface area contributed by atoms with Gasteiger partial charge in [-0.15, -0.1) is 0 Å². The third-order valence-corrected chi connectivity index (χ3v) is 10.1. The summed E-state index contributed by atoms with van der Waals surface area (Å²) >= 11 is 0. The summed E-state index contributed by atoms with van der Waals surface area (Å²) < 4.78 is 0. The number of hydrogen-bond acceptors (Lipinski definition) is 2. The summed E-state index contributed by atoms with van der Waals surface area (Å²) in [6.45, 7) is 6.82. The molecule has 2 aliphatic carbocycles. The van der Waals surface area contributed by atoms with Crippen molar-refractivity contribution in [1.29, 1.82) is 0 Å². The second kappa shape index (κ2) is 13.0. The molecule has 0 bridgehead atoms. The van der Waals surface area contributed by atoms with Gasteiger partial charge in [0.25, 0.3) is 0 Å². The first kappa shape index (κ1) is 30.5. The average Bonchev–Trinajstić information content (AvgIpc) is 3.45. The maximum Gasteiger partial charge on any atom is 0.0465 e. The number of hydrogen-bond donors (Lipinski definition) is 0. The van der Waals surface area contributed by atoms with Crippen LogP contribution in [0.5, 0.6) is 0 Å². The van der Waals surface area contributed by atoms with Crippen LogP contribution in [-0.2, 0) is 18.3 Å². The van der Waals surface area contributed by atoms with E-state index in [-0.39, 0.29) is 5.41 Å². The summed E-state index contributed by atoms with van der Waals surface area (Å²) in [5.74, 6) is 0. The second-order valence-electron chi connectivity index (χ2n) is 13.1. The van der Waals surface area contributed by atoms with Gasteiger partial charge in [0, 0.05) is 39.5 Å². The van der Waals surface area contributed by atoms with Crippen molar-refractivity contribution >= 4 is 28.4 Å². The largest absolute Gasteiger partial charge is 0.311 e. The fraction of sp³-hybridized carbons (Fsp3) is 0.106. The Morgan fingerprint density at radius 2 is 1.06 bits per heavy atom. The molecular weight excluding hydrogens is 593 g/mol. The lowest BCUT2D eigenvalue weighted by atomic mass is 9.63. The summed E-state index contributed by atoms with van der Waals surface area (Å²) in [7, 11) is 0. The zero-order valence-electron chi connectivity index (χ0n) is 28.0. The maximum atomic E-state index is 4.66. The molecule has 0 saturated carbocycles. The Morgan fingerprint density at radius 3 is 1.63 bits per heavy atom. The molecular formula is C47H40N2. The number of para-hydroxylation sites is 4. The van der Waals surface area contributed by atoms with E-state index in [0.29, 0.717) is 0 Å². The zero-order chi connectivity index (χ0) is 33.2. The van der Waals surface area contributed by atoms with Crippen molar-refractivity contribution in [3.63, 3.8) is 0 Å². The highest BCUT2D eigenvalue weighted by Gasteiger charge is 2.48. The highest BCUT2D eigenvalue weighted by molar-refractivity contribution is 5.79. The van der Waals surface area contributed by atoms with E-state index in [1.165, 1.54) is 33.4 Å². The van der Waals surface area contributed by atoms with Crippen LogP contribution in [0.15, 0.2) is 199 Å². The quantitative estimate of drug-likeness (QED) is 0.162. The van der Waals surface area contributed by atoms with Gasteiger partial charge in [0.05, 0.1) is 0 Å². The molecule has 0 N–H and O–H groups in total. The molecule has 0 aromatic heterocycles. The van der Waals surface area contributed by atoms with Crippen LogP contribution in [0.4, 0.5) is 28.4 Å². The van der Waals surface area contributed by atoms with Gasteiger partial charge in [-0.05, 0) is 121 Å². The molecule has 238 valence electrons. The number of fused-ring (bicyclic) bond motifs is 4. The molecule has 0 saturated heterocycles. The van der Waals surface area contributed by atoms with E-state index in [1.807, 2.05) is 0 Å². The summed E-state index contributed by atoms with van der Waals surface area (Å²) in [6.07, 6.45) is 7.41. The van der Waals surface area contributed by atoms with Crippen molar-refractivity contribution in [2.75, 3.05) is 9.80 Å². The van der Waals surface area contributed by atoms with E-state index in [0.717, 1.165) is 53.4 Å². The fourth-order valence-corrected chi connectivity index (χ4v) is 8.04. The van der Waals surface area contributed by atoms with Gasteiger partial charge in [0.15, 0.2) is 0 Å². The van der Waals surface area contributed by atoms with Crippen molar-refractivity contribution in [2.24, 2.45) is 0 Å². The molecule has 0 aliphatic heterocycles. The van der Waals surface area contributed by atoms with Crippen molar-refractivity contribution in [3.05, 3.63) is 222 Å². The Bertz CT molecular complexity index is 2090. The van der Waals surface area contributed by atoms with Crippen LogP contribution < -0.4 is 9.80 Å². The van der Waals surface area contributed by atoms with E-state index in [4.69, 9.17) is 0 Å². The molecule has 0 heterocycles. The molecule has 1 atom stereocenters. The molecule has 6 aromatic carbocycles. The van der Waals surface area contributed by atoms with E-state index in [2.05, 4.69) is 199 Å². The van der Waals surface area contributed by atoms with E-state index in [1.54, 1.807) is 0 Å². The third-order valence-electron chi connectivity index (χ3n) is 10.1. The highest BCUT2D eigenvalue weighted by atomic mass is 15.1. The molecule has 0 fully saturated rings. The van der Waals surface area contributed by atoms with Crippen LogP contribution in [0, 0.1) is 0 Å². The number of rotatable bonds is 7. The highest BCUT2D eigenvalue weighted by Crippen LogP contribution is 2.56. The zero-order valence-corrected chi connectivity index (χ0v) is 28.0. The molecule has 0 amide bonds. The van der Waals surface area contributed by atoms with Crippen molar-refractivity contribution in [3.8, 4) is 0 Å². The summed E-state index contributed by atoms with van der Waals surface area (Å²) in [5, 5.41) is 0. The van der Waals surface area contributed by atoms with Gasteiger partial charge in [-0.25, -0.2) is 0 Å². The lowest BCUT2D eigenvalue weighted by molar-refractivity contribution is 0.575. The van der Waals surface area contributed by atoms with Crippen LogP contribution in [0.2, 0.25) is 0 Å².